The summed E-state index contributed by atoms with van der Waals surface area (Å²) in [6.07, 6.45) is 4.20. The minimum absolute atomic E-state index is 0.204. The molecule has 0 saturated heterocycles. The summed E-state index contributed by atoms with van der Waals surface area (Å²) in [7, 11) is 0. The van der Waals surface area contributed by atoms with Gasteiger partial charge in [0.2, 0.25) is 6.41 Å². The average Bonchev–Trinajstić information content (AvgIpc) is 2.05. The van der Waals surface area contributed by atoms with E-state index < -0.39 is 0 Å². The minimum atomic E-state index is -0.204. The van der Waals surface area contributed by atoms with E-state index in [1.54, 1.807) is 17.3 Å². The van der Waals surface area contributed by atoms with Gasteiger partial charge in [-0.25, -0.2) is 0 Å². The smallest absolute Gasteiger partial charge is 0.214 e. The molecule has 0 bridgehead atoms. The molecule has 0 saturated carbocycles. The number of carbonyl (C=O) groups is 1. The molecule has 0 radical (unpaired) electrons. The van der Waals surface area contributed by atoms with E-state index in [-0.39, 0.29) is 5.54 Å². The monoisotopic (exact) mass is 178 g/mol. The van der Waals surface area contributed by atoms with E-state index in [0.717, 1.165) is 12.1 Å². The topological polar surface area (TPSA) is 33.2 Å². The van der Waals surface area contributed by atoms with Gasteiger partial charge < -0.3 is 4.90 Å². The van der Waals surface area contributed by atoms with Crippen molar-refractivity contribution in [2.45, 2.75) is 26.3 Å². The average molecular weight is 178 g/mol. The summed E-state index contributed by atoms with van der Waals surface area (Å²) >= 11 is 0. The second-order valence-corrected chi connectivity index (χ2v) is 3.86. The fraction of sp³-hybridized carbons (Fsp3) is 0.400. The van der Waals surface area contributed by atoms with E-state index in [1.807, 2.05) is 32.9 Å². The van der Waals surface area contributed by atoms with Gasteiger partial charge >= 0.3 is 0 Å². The van der Waals surface area contributed by atoms with Crippen LogP contribution in [0.1, 0.15) is 20.8 Å². The molecule has 0 atom stereocenters. The Bertz CT molecular complexity index is 277. The molecule has 3 heteroatoms. The Hall–Kier alpha value is -1.38. The number of pyridine rings is 1. The number of carbonyl (C=O) groups excluding carboxylic acids is 1. The highest BCUT2D eigenvalue weighted by atomic mass is 16.1. The third kappa shape index (κ3) is 2.28. The van der Waals surface area contributed by atoms with Crippen molar-refractivity contribution in [3.63, 3.8) is 0 Å². The lowest BCUT2D eigenvalue weighted by Crippen LogP contribution is -2.40. The van der Waals surface area contributed by atoms with Crippen molar-refractivity contribution in [1.29, 1.82) is 0 Å². The number of rotatable bonds is 2. The first-order valence-electron chi connectivity index (χ1n) is 4.20. The molecular weight excluding hydrogens is 164 g/mol. The molecule has 1 heterocycles. The molecule has 0 aliphatic carbocycles. The van der Waals surface area contributed by atoms with Crippen LogP contribution in [-0.2, 0) is 4.79 Å². The number of anilines is 1. The molecule has 1 aromatic heterocycles. The van der Waals surface area contributed by atoms with E-state index >= 15 is 0 Å². The normalized spacial score (nSPS) is 11.0. The molecule has 0 fully saturated rings. The van der Waals surface area contributed by atoms with Crippen molar-refractivity contribution >= 4 is 12.1 Å². The van der Waals surface area contributed by atoms with Crippen LogP contribution in [0.5, 0.6) is 0 Å². The van der Waals surface area contributed by atoms with Crippen LogP contribution in [0.15, 0.2) is 24.5 Å². The van der Waals surface area contributed by atoms with Crippen molar-refractivity contribution in [1.82, 2.24) is 4.98 Å². The zero-order valence-corrected chi connectivity index (χ0v) is 8.19. The Labute approximate surface area is 78.4 Å². The highest BCUT2D eigenvalue weighted by Gasteiger charge is 2.20. The van der Waals surface area contributed by atoms with Crippen LogP contribution in [0.2, 0.25) is 0 Å². The van der Waals surface area contributed by atoms with Gasteiger partial charge in [-0.05, 0) is 32.9 Å². The molecule has 70 valence electrons. The first-order valence-corrected chi connectivity index (χ1v) is 4.20. The largest absolute Gasteiger partial charge is 0.308 e. The van der Waals surface area contributed by atoms with Crippen molar-refractivity contribution in [3.05, 3.63) is 24.5 Å². The third-order valence-corrected chi connectivity index (χ3v) is 1.75. The zero-order chi connectivity index (χ0) is 9.90. The van der Waals surface area contributed by atoms with E-state index in [0.29, 0.717) is 0 Å². The van der Waals surface area contributed by atoms with Crippen LogP contribution < -0.4 is 4.90 Å². The summed E-state index contributed by atoms with van der Waals surface area (Å²) in [6.45, 7) is 5.94. The molecule has 13 heavy (non-hydrogen) atoms. The summed E-state index contributed by atoms with van der Waals surface area (Å²) in [5.41, 5.74) is 0.620. The Morgan fingerprint density at radius 3 is 2.54 bits per heavy atom. The van der Waals surface area contributed by atoms with Gasteiger partial charge in [-0.1, -0.05) is 0 Å². The van der Waals surface area contributed by atoms with Crippen molar-refractivity contribution in [2.24, 2.45) is 0 Å². The first-order chi connectivity index (χ1) is 6.05. The predicted octanol–water partition coefficient (Wildman–Crippen LogP) is 1.84. The molecule has 0 aliphatic heterocycles. The van der Waals surface area contributed by atoms with Crippen LogP contribution in [-0.4, -0.2) is 16.9 Å². The lowest BCUT2D eigenvalue weighted by Gasteiger charge is -2.31. The van der Waals surface area contributed by atoms with Crippen molar-refractivity contribution in [3.8, 4) is 0 Å². The lowest BCUT2D eigenvalue weighted by atomic mass is 10.1. The van der Waals surface area contributed by atoms with Gasteiger partial charge in [-0.3, -0.25) is 9.78 Å². The highest BCUT2D eigenvalue weighted by molar-refractivity contribution is 5.76. The van der Waals surface area contributed by atoms with Crippen LogP contribution in [0.3, 0.4) is 0 Å². The summed E-state index contributed by atoms with van der Waals surface area (Å²) in [6, 6.07) is 3.68. The molecule has 0 spiro atoms. The fourth-order valence-electron chi connectivity index (χ4n) is 1.10. The number of hydrogen-bond acceptors (Lipinski definition) is 2. The second kappa shape index (κ2) is 3.56. The molecule has 0 aromatic carbocycles. The van der Waals surface area contributed by atoms with E-state index in [1.165, 1.54) is 0 Å². The van der Waals surface area contributed by atoms with Crippen LogP contribution >= 0.6 is 0 Å². The van der Waals surface area contributed by atoms with Gasteiger partial charge in [0.15, 0.2) is 0 Å². The molecular formula is C10H14N2O. The number of hydrogen-bond donors (Lipinski definition) is 0. The highest BCUT2D eigenvalue weighted by Crippen LogP contribution is 2.20. The van der Waals surface area contributed by atoms with Crippen LogP contribution in [0.25, 0.3) is 0 Å². The molecule has 1 amide bonds. The molecule has 0 N–H and O–H groups in total. The third-order valence-electron chi connectivity index (χ3n) is 1.75. The SMILES string of the molecule is CC(C)(C)N(C=O)c1cccnc1. The molecule has 0 unspecified atom stereocenters. The maximum atomic E-state index is 10.9. The minimum Gasteiger partial charge on any atom is -0.308 e. The molecule has 0 aliphatic rings. The maximum absolute atomic E-state index is 10.9. The Morgan fingerprint density at radius 2 is 2.15 bits per heavy atom. The van der Waals surface area contributed by atoms with Gasteiger partial charge in [0, 0.05) is 11.7 Å². The fourth-order valence-corrected chi connectivity index (χ4v) is 1.10. The van der Waals surface area contributed by atoms with E-state index in [9.17, 15) is 4.79 Å². The summed E-state index contributed by atoms with van der Waals surface area (Å²) in [4.78, 5) is 16.5. The van der Waals surface area contributed by atoms with Gasteiger partial charge in [0.1, 0.15) is 0 Å². The maximum Gasteiger partial charge on any atom is 0.214 e. The van der Waals surface area contributed by atoms with E-state index in [4.69, 9.17) is 0 Å². The van der Waals surface area contributed by atoms with Gasteiger partial charge in [0.05, 0.1) is 11.9 Å². The number of nitrogens with zero attached hydrogens (tertiary/aromatic N) is 2. The molecule has 3 nitrogen and oxygen atoms in total. The van der Waals surface area contributed by atoms with Crippen molar-refractivity contribution in [2.75, 3.05) is 4.90 Å². The zero-order valence-electron chi connectivity index (χ0n) is 8.19. The Kier molecular flexibility index (Phi) is 2.66. The summed E-state index contributed by atoms with van der Waals surface area (Å²) in [5, 5.41) is 0. The Balaban J connectivity index is 2.99. The molecule has 1 rings (SSSR count). The lowest BCUT2D eigenvalue weighted by molar-refractivity contribution is -0.108. The Morgan fingerprint density at radius 1 is 1.46 bits per heavy atom. The van der Waals surface area contributed by atoms with Crippen LogP contribution in [0.4, 0.5) is 5.69 Å². The second-order valence-electron chi connectivity index (χ2n) is 3.86. The summed E-state index contributed by atoms with van der Waals surface area (Å²) < 4.78 is 0. The first kappa shape index (κ1) is 9.71. The standard InChI is InChI=1S/C10H14N2O/c1-10(2,3)12(8-13)9-5-4-6-11-7-9/h4-8H,1-3H3. The van der Waals surface area contributed by atoms with Gasteiger partial charge in [-0.15, -0.1) is 0 Å². The predicted molar refractivity (Wildman–Crippen MR) is 52.5 cm³/mol. The number of amides is 1. The van der Waals surface area contributed by atoms with E-state index in [2.05, 4.69) is 4.98 Å². The van der Waals surface area contributed by atoms with Crippen molar-refractivity contribution < 1.29 is 4.79 Å². The van der Waals surface area contributed by atoms with Gasteiger partial charge in [0.25, 0.3) is 0 Å². The van der Waals surface area contributed by atoms with Gasteiger partial charge in [-0.2, -0.15) is 0 Å². The number of aromatic nitrogens is 1. The quantitative estimate of drug-likeness (QED) is 0.647. The molecule has 1 aromatic rings. The van der Waals surface area contributed by atoms with Crippen LogP contribution in [0, 0.1) is 0 Å². The summed E-state index contributed by atoms with van der Waals surface area (Å²) in [5.74, 6) is 0.